The van der Waals surface area contributed by atoms with Crippen LogP contribution in [0.4, 0.5) is 5.69 Å². The molecule has 0 unspecified atom stereocenters. The van der Waals surface area contributed by atoms with E-state index in [1.807, 2.05) is 49.4 Å². The van der Waals surface area contributed by atoms with Crippen molar-refractivity contribution in [2.24, 2.45) is 0 Å². The lowest BCUT2D eigenvalue weighted by molar-refractivity contribution is -0.134. The van der Waals surface area contributed by atoms with Crippen LogP contribution in [0.25, 0.3) is 10.9 Å². The van der Waals surface area contributed by atoms with Gasteiger partial charge in [0.1, 0.15) is 5.75 Å². The Morgan fingerprint density at radius 3 is 2.58 bits per heavy atom. The van der Waals surface area contributed by atoms with Crippen molar-refractivity contribution in [2.75, 3.05) is 44.2 Å². The highest BCUT2D eigenvalue weighted by molar-refractivity contribution is 6.43. The van der Waals surface area contributed by atoms with Crippen LogP contribution in [-0.4, -0.2) is 55.2 Å². The lowest BCUT2D eigenvalue weighted by atomic mass is 10.1. The Balaban J connectivity index is 1.17. The van der Waals surface area contributed by atoms with E-state index in [2.05, 4.69) is 21.4 Å². The number of piperazine rings is 1. The zero-order valence-electron chi connectivity index (χ0n) is 21.9. The number of allylic oxidation sites excluding steroid dienone is 1. The second-order valence-electron chi connectivity index (χ2n) is 9.75. The molecule has 1 aliphatic heterocycles. The summed E-state index contributed by atoms with van der Waals surface area (Å²) in [6.07, 6.45) is 3.93. The Morgan fingerprint density at radius 1 is 1.00 bits per heavy atom. The highest BCUT2D eigenvalue weighted by atomic mass is 35.5. The van der Waals surface area contributed by atoms with Crippen LogP contribution in [0.1, 0.15) is 39.0 Å². The molecule has 4 rings (SSSR count). The van der Waals surface area contributed by atoms with Gasteiger partial charge in [-0.3, -0.25) is 9.69 Å². The topological polar surface area (TPSA) is 54.9 Å². The van der Waals surface area contributed by atoms with Gasteiger partial charge < -0.3 is 14.4 Å². The number of hydrogen-bond acceptors (Lipinski definition) is 6. The van der Waals surface area contributed by atoms with Crippen molar-refractivity contribution in [2.45, 2.75) is 39.0 Å². The largest absolute Gasteiger partial charge is 0.494 e. The molecule has 2 heterocycles. The number of unbranched alkanes of at least 4 members (excludes halogenated alkanes) is 1. The third-order valence-corrected chi connectivity index (χ3v) is 7.43. The number of benzene rings is 2. The molecule has 202 valence electrons. The van der Waals surface area contributed by atoms with Gasteiger partial charge in [0, 0.05) is 50.1 Å². The van der Waals surface area contributed by atoms with E-state index < -0.39 is 0 Å². The Labute approximate surface area is 235 Å². The predicted molar refractivity (Wildman–Crippen MR) is 156 cm³/mol. The molecule has 0 N–H and O–H groups in total. The number of esters is 1. The first-order valence-corrected chi connectivity index (χ1v) is 13.9. The molecular weight excluding hydrogens is 521 g/mol. The van der Waals surface area contributed by atoms with Crippen LogP contribution in [0.15, 0.2) is 60.7 Å². The van der Waals surface area contributed by atoms with Gasteiger partial charge in [-0.25, -0.2) is 4.98 Å². The summed E-state index contributed by atoms with van der Waals surface area (Å²) in [6, 6.07) is 15.3. The molecule has 1 saturated heterocycles. The fourth-order valence-electron chi connectivity index (χ4n) is 4.50. The van der Waals surface area contributed by atoms with Crippen molar-refractivity contribution in [1.82, 2.24) is 9.88 Å². The number of hydrogen-bond donors (Lipinski definition) is 0. The average Bonchev–Trinajstić information content (AvgIpc) is 2.90. The monoisotopic (exact) mass is 555 g/mol. The average molecular weight is 557 g/mol. The summed E-state index contributed by atoms with van der Waals surface area (Å²) >= 11 is 12.6. The van der Waals surface area contributed by atoms with Crippen LogP contribution in [-0.2, 0) is 4.79 Å². The Kier molecular flexibility index (Phi) is 10.3. The first-order chi connectivity index (χ1) is 18.4. The number of nitrogens with zero attached hydrogens (tertiary/aromatic N) is 3. The summed E-state index contributed by atoms with van der Waals surface area (Å²) in [5.41, 5.74) is 2.82. The number of carbonyl (C=O) groups is 1. The highest BCUT2D eigenvalue weighted by Gasteiger charge is 2.19. The molecule has 6 nitrogen and oxygen atoms in total. The second-order valence-corrected chi connectivity index (χ2v) is 10.5. The van der Waals surface area contributed by atoms with Crippen LogP contribution in [0.3, 0.4) is 0 Å². The molecule has 0 saturated carbocycles. The quantitative estimate of drug-likeness (QED) is 0.134. The van der Waals surface area contributed by atoms with Gasteiger partial charge in [0.2, 0.25) is 5.88 Å². The van der Waals surface area contributed by atoms with Gasteiger partial charge in [-0.05, 0) is 69.5 Å². The van der Waals surface area contributed by atoms with E-state index in [0.29, 0.717) is 29.0 Å². The zero-order chi connectivity index (χ0) is 26.9. The van der Waals surface area contributed by atoms with E-state index in [0.717, 1.165) is 86.3 Å². The van der Waals surface area contributed by atoms with Crippen molar-refractivity contribution in [3.63, 3.8) is 0 Å². The van der Waals surface area contributed by atoms with E-state index >= 15 is 0 Å². The summed E-state index contributed by atoms with van der Waals surface area (Å²) in [6.45, 7) is 11.4. The molecule has 0 bridgehead atoms. The Hall–Kier alpha value is -2.80. The predicted octanol–water partition coefficient (Wildman–Crippen LogP) is 7.17. The minimum absolute atomic E-state index is 0.278. The summed E-state index contributed by atoms with van der Waals surface area (Å²) < 4.78 is 11.4. The molecule has 0 aliphatic carbocycles. The van der Waals surface area contributed by atoms with Gasteiger partial charge in [0.05, 0.1) is 27.9 Å². The number of aromatic nitrogens is 1. The van der Waals surface area contributed by atoms with Crippen molar-refractivity contribution in [3.05, 3.63) is 70.7 Å². The molecule has 1 fully saturated rings. The number of anilines is 1. The first kappa shape index (κ1) is 28.2. The minimum atomic E-state index is -0.278. The third-order valence-electron chi connectivity index (χ3n) is 6.62. The molecule has 1 aromatic heterocycles. The van der Waals surface area contributed by atoms with Crippen LogP contribution in [0.2, 0.25) is 10.0 Å². The smallest absolute Gasteiger partial charge is 0.312 e. The maximum atomic E-state index is 12.1. The summed E-state index contributed by atoms with van der Waals surface area (Å²) in [4.78, 5) is 21.4. The Morgan fingerprint density at radius 2 is 1.79 bits per heavy atom. The van der Waals surface area contributed by atoms with Crippen LogP contribution >= 0.6 is 23.2 Å². The lowest BCUT2D eigenvalue weighted by Gasteiger charge is -2.36. The van der Waals surface area contributed by atoms with Crippen molar-refractivity contribution in [3.8, 4) is 11.6 Å². The highest BCUT2D eigenvalue weighted by Crippen LogP contribution is 2.33. The number of carbonyl (C=O) groups excluding carboxylic acids is 1. The molecule has 0 amide bonds. The summed E-state index contributed by atoms with van der Waals surface area (Å²) in [7, 11) is 0. The number of ether oxygens (including phenoxy) is 2. The van der Waals surface area contributed by atoms with Gasteiger partial charge in [-0.2, -0.15) is 0 Å². The Bertz CT molecular complexity index is 1260. The molecule has 1 aliphatic rings. The maximum absolute atomic E-state index is 12.1. The van der Waals surface area contributed by atoms with Gasteiger partial charge in [-0.15, -0.1) is 6.58 Å². The summed E-state index contributed by atoms with van der Waals surface area (Å²) in [5, 5.41) is 2.20. The van der Waals surface area contributed by atoms with Gasteiger partial charge >= 0.3 is 5.97 Å². The van der Waals surface area contributed by atoms with Crippen molar-refractivity contribution in [1.29, 1.82) is 0 Å². The number of rotatable bonds is 12. The standard InChI is InChI=1S/C30H35Cl2N3O3/c1-22(2)7-5-10-29(36)38-28-14-12-23-11-13-24(21-26(23)33-28)37-20-4-3-15-34-16-18-35(19-17-34)27-9-6-8-25(31)30(27)32/h6,8-9,11-14,21H,1,3-5,7,10,15-20H2,2H3. The molecule has 0 spiro atoms. The summed E-state index contributed by atoms with van der Waals surface area (Å²) in [5.74, 6) is 0.801. The first-order valence-electron chi connectivity index (χ1n) is 13.2. The van der Waals surface area contributed by atoms with E-state index in [-0.39, 0.29) is 5.97 Å². The fourth-order valence-corrected chi connectivity index (χ4v) is 4.92. The van der Waals surface area contributed by atoms with E-state index in [9.17, 15) is 4.79 Å². The van der Waals surface area contributed by atoms with Crippen molar-refractivity contribution < 1.29 is 14.3 Å². The molecule has 0 atom stereocenters. The van der Waals surface area contributed by atoms with Crippen molar-refractivity contribution >= 4 is 45.8 Å². The van der Waals surface area contributed by atoms with Gasteiger partial charge in [0.25, 0.3) is 0 Å². The molecule has 38 heavy (non-hydrogen) atoms. The number of fused-ring (bicyclic) bond motifs is 1. The van der Waals surface area contributed by atoms with Crippen LogP contribution in [0, 0.1) is 0 Å². The molecule has 2 aromatic carbocycles. The lowest BCUT2D eigenvalue weighted by Crippen LogP contribution is -2.46. The zero-order valence-corrected chi connectivity index (χ0v) is 23.4. The van der Waals surface area contributed by atoms with Gasteiger partial charge in [-0.1, -0.05) is 34.8 Å². The second kappa shape index (κ2) is 13.8. The van der Waals surface area contributed by atoms with E-state index in [1.165, 1.54) is 0 Å². The number of pyridine rings is 1. The minimum Gasteiger partial charge on any atom is -0.494 e. The van der Waals surface area contributed by atoms with E-state index in [1.54, 1.807) is 6.07 Å². The SMILES string of the molecule is C=C(C)CCCC(=O)Oc1ccc2ccc(OCCCCN3CCN(c4cccc(Cl)c4Cl)CC3)cc2n1. The molecule has 0 radical (unpaired) electrons. The van der Waals surface area contributed by atoms with Crippen LogP contribution in [0.5, 0.6) is 11.6 Å². The molecule has 8 heteroatoms. The number of halogens is 2. The fraction of sp³-hybridized carbons (Fsp3) is 0.400. The normalized spacial score (nSPS) is 14.0. The molecule has 3 aromatic rings. The van der Waals surface area contributed by atoms with Crippen LogP contribution < -0.4 is 14.4 Å². The maximum Gasteiger partial charge on any atom is 0.312 e. The molecular formula is C30H35Cl2N3O3. The third kappa shape index (κ3) is 8.10. The van der Waals surface area contributed by atoms with Gasteiger partial charge in [0.15, 0.2) is 0 Å². The van der Waals surface area contributed by atoms with E-state index in [4.69, 9.17) is 32.7 Å².